The van der Waals surface area contributed by atoms with Gasteiger partial charge in [0.05, 0.1) is 20.1 Å². The first-order chi connectivity index (χ1) is 25.4. The highest BCUT2D eigenvalue weighted by molar-refractivity contribution is 7.20. The number of hydrogen-bond acceptors (Lipinski definition) is 0. The third kappa shape index (κ3) is 7.09. The SMILES string of the molecule is CCC(CC)C[NH+](C)CC.Fc1c(F)c(F)c([B-](c2c(F)c(F)c(F)c(F)c2F)(c2c(F)c(F)c(F)c(F)c2F)c2c(F)c(F)c(F)c(F)c2F)c(F)c1F. The van der Waals surface area contributed by atoms with E-state index < -0.39 is 144 Å². The quantitative estimate of drug-likeness (QED) is 0.0821. The van der Waals surface area contributed by atoms with Gasteiger partial charge in [0.25, 0.3) is 0 Å². The fraction of sp³-hybridized carbons (Fsp3) is 0.273. The van der Waals surface area contributed by atoms with E-state index in [1.165, 1.54) is 25.9 Å². The molecule has 0 fully saturated rings. The number of rotatable bonds is 9. The predicted molar refractivity (Wildman–Crippen MR) is 156 cm³/mol. The second kappa shape index (κ2) is 16.7. The Kier molecular flexibility index (Phi) is 13.6. The van der Waals surface area contributed by atoms with Crippen LogP contribution in [0.3, 0.4) is 0 Å². The van der Waals surface area contributed by atoms with Crippen LogP contribution in [0.2, 0.25) is 0 Å². The molecular formula is C33H22BF20N. The van der Waals surface area contributed by atoms with Crippen LogP contribution in [0.15, 0.2) is 0 Å². The molecule has 0 saturated heterocycles. The van der Waals surface area contributed by atoms with Gasteiger partial charge >= 0.3 is 0 Å². The van der Waals surface area contributed by atoms with Crippen molar-refractivity contribution in [2.75, 3.05) is 20.1 Å². The van der Waals surface area contributed by atoms with Crippen molar-refractivity contribution in [1.82, 2.24) is 0 Å². The molecule has 1 nitrogen and oxygen atoms in total. The van der Waals surface area contributed by atoms with E-state index in [0.717, 1.165) is 5.92 Å². The van der Waals surface area contributed by atoms with Crippen molar-refractivity contribution < 1.29 is 92.7 Å². The number of quaternary nitrogens is 1. The van der Waals surface area contributed by atoms with Crippen molar-refractivity contribution in [2.45, 2.75) is 33.6 Å². The van der Waals surface area contributed by atoms with Crippen LogP contribution in [-0.4, -0.2) is 26.3 Å². The van der Waals surface area contributed by atoms with Gasteiger partial charge in [0.2, 0.25) is 0 Å². The largest absolute Gasteiger partial charge is 0.337 e. The minimum Gasteiger partial charge on any atom is -0.337 e. The Hall–Kier alpha value is -4.50. The van der Waals surface area contributed by atoms with Gasteiger partial charge in [-0.15, -0.1) is 21.9 Å². The monoisotopic (exact) mass is 823 g/mol. The molecule has 0 aliphatic rings. The summed E-state index contributed by atoms with van der Waals surface area (Å²) in [5, 5.41) is 0. The number of halogens is 20. The summed E-state index contributed by atoms with van der Waals surface area (Å²) in [6, 6.07) is 0. The highest BCUT2D eigenvalue weighted by atomic mass is 19.2. The summed E-state index contributed by atoms with van der Waals surface area (Å²) in [6.07, 6.45) is -4.53. The van der Waals surface area contributed by atoms with Gasteiger partial charge in [0, 0.05) is 5.92 Å². The maximum atomic E-state index is 15.4. The summed E-state index contributed by atoms with van der Waals surface area (Å²) < 4.78 is 294. The van der Waals surface area contributed by atoms with Crippen molar-refractivity contribution in [1.29, 1.82) is 0 Å². The van der Waals surface area contributed by atoms with E-state index in [-0.39, 0.29) is 0 Å². The van der Waals surface area contributed by atoms with Crippen molar-refractivity contribution >= 4 is 28.0 Å². The molecule has 0 saturated carbocycles. The summed E-state index contributed by atoms with van der Waals surface area (Å²) >= 11 is 0. The molecule has 4 aromatic carbocycles. The predicted octanol–water partition coefficient (Wildman–Crippen LogP) is 6.80. The minimum absolute atomic E-state index is 0.944. The molecule has 1 N–H and O–H groups in total. The molecular weight excluding hydrogens is 801 g/mol. The number of nitrogens with one attached hydrogen (secondary N) is 1. The molecule has 22 heteroatoms. The zero-order valence-electron chi connectivity index (χ0n) is 28.0. The van der Waals surface area contributed by atoms with Crippen molar-refractivity contribution in [3.63, 3.8) is 0 Å². The maximum absolute atomic E-state index is 15.4. The molecule has 0 aliphatic heterocycles. The van der Waals surface area contributed by atoms with E-state index in [2.05, 4.69) is 27.8 Å². The topological polar surface area (TPSA) is 4.44 Å². The average molecular weight is 823 g/mol. The molecule has 0 radical (unpaired) electrons. The first-order valence-electron chi connectivity index (χ1n) is 15.5. The van der Waals surface area contributed by atoms with E-state index in [1.54, 1.807) is 4.90 Å². The maximum Gasteiger partial charge on any atom is 0.200 e. The van der Waals surface area contributed by atoms with E-state index in [0.29, 0.717) is 0 Å². The molecule has 0 aliphatic carbocycles. The Morgan fingerprint density at radius 2 is 0.491 bits per heavy atom. The second-order valence-electron chi connectivity index (χ2n) is 12.0. The molecule has 1 atom stereocenters. The molecule has 1 unspecified atom stereocenters. The molecule has 0 bridgehead atoms. The molecule has 4 rings (SSSR count). The molecule has 0 aromatic heterocycles. The van der Waals surface area contributed by atoms with Gasteiger partial charge in [-0.3, -0.25) is 0 Å². The second-order valence-corrected chi connectivity index (χ2v) is 12.0. The smallest absolute Gasteiger partial charge is 0.200 e. The van der Waals surface area contributed by atoms with E-state index in [1.807, 2.05) is 0 Å². The van der Waals surface area contributed by atoms with Gasteiger partial charge < -0.3 is 4.90 Å². The molecule has 0 spiro atoms. The lowest BCUT2D eigenvalue weighted by atomic mass is 9.12. The number of benzene rings is 4. The highest BCUT2D eigenvalue weighted by Crippen LogP contribution is 2.30. The molecule has 302 valence electrons. The standard InChI is InChI=1S/C24BF20.C9H21N/c26-5-1(6(27)14(35)21(42)13(5)34)25(2-7(28)15(36)22(43)16(37)8(2)29,3-9(30)17(38)23(44)18(39)10(3)31)4-11(32)19(40)24(45)20(41)12(4)33;1-5-9(6-2)8-10(4)7-3/h;9H,5-8H2,1-4H3/q-1;/p+1. The molecule has 0 heterocycles. The summed E-state index contributed by atoms with van der Waals surface area (Å²) in [5.41, 5.74) is -14.3. The Morgan fingerprint density at radius 1 is 0.327 bits per heavy atom. The minimum atomic E-state index is -7.22. The Labute approximate surface area is 297 Å². The summed E-state index contributed by atoms with van der Waals surface area (Å²) in [4.78, 5) is 1.66. The Morgan fingerprint density at radius 3 is 0.636 bits per heavy atom. The van der Waals surface area contributed by atoms with E-state index in [4.69, 9.17) is 0 Å². The van der Waals surface area contributed by atoms with E-state index in [9.17, 15) is 52.7 Å². The highest BCUT2D eigenvalue weighted by Gasteiger charge is 2.52. The first kappa shape index (κ1) is 44.9. The van der Waals surface area contributed by atoms with Crippen LogP contribution in [0.1, 0.15) is 33.6 Å². The molecule has 0 amide bonds. The van der Waals surface area contributed by atoms with Crippen LogP contribution in [0.25, 0.3) is 0 Å². The summed E-state index contributed by atoms with van der Waals surface area (Å²) in [7, 11) is 2.28. The van der Waals surface area contributed by atoms with Gasteiger partial charge in [-0.2, -0.15) is 0 Å². The summed E-state index contributed by atoms with van der Waals surface area (Å²) in [5.74, 6) is -70.5. The van der Waals surface area contributed by atoms with Crippen LogP contribution < -0.4 is 26.8 Å². The summed E-state index contributed by atoms with van der Waals surface area (Å²) in [6.45, 7) is 9.44. The normalized spacial score (nSPS) is 12.4. The van der Waals surface area contributed by atoms with Gasteiger partial charge in [-0.05, 0) is 19.8 Å². The van der Waals surface area contributed by atoms with E-state index >= 15 is 35.1 Å². The van der Waals surface area contributed by atoms with Gasteiger partial charge in [0.15, 0.2) is 69.8 Å². The van der Waals surface area contributed by atoms with Crippen molar-refractivity contribution in [2.24, 2.45) is 5.92 Å². The van der Waals surface area contributed by atoms with Gasteiger partial charge in [-0.25, -0.2) is 87.8 Å². The lowest BCUT2D eigenvalue weighted by Gasteiger charge is -2.44. The first-order valence-corrected chi connectivity index (χ1v) is 15.5. The fourth-order valence-corrected chi connectivity index (χ4v) is 6.09. The lowest BCUT2D eigenvalue weighted by molar-refractivity contribution is -0.881. The Bertz CT molecular complexity index is 1750. The lowest BCUT2D eigenvalue weighted by Crippen LogP contribution is -3.09. The molecule has 55 heavy (non-hydrogen) atoms. The third-order valence-electron chi connectivity index (χ3n) is 9.10. The zero-order valence-corrected chi connectivity index (χ0v) is 28.0. The van der Waals surface area contributed by atoms with Crippen molar-refractivity contribution in [3.05, 3.63) is 116 Å². The average Bonchev–Trinajstić information content (AvgIpc) is 3.16. The van der Waals surface area contributed by atoms with Crippen molar-refractivity contribution in [3.8, 4) is 0 Å². The molecule has 4 aromatic rings. The fourth-order valence-electron chi connectivity index (χ4n) is 6.09. The van der Waals surface area contributed by atoms with Crippen LogP contribution in [-0.2, 0) is 0 Å². The van der Waals surface area contributed by atoms with Gasteiger partial charge in [-0.1, -0.05) is 13.8 Å². The number of hydrogen-bond donors (Lipinski definition) is 1. The zero-order chi connectivity index (χ0) is 42.3. The van der Waals surface area contributed by atoms with Crippen LogP contribution >= 0.6 is 0 Å². The van der Waals surface area contributed by atoms with Crippen LogP contribution in [0.4, 0.5) is 87.8 Å². The third-order valence-corrected chi connectivity index (χ3v) is 9.10. The van der Waals surface area contributed by atoms with Crippen LogP contribution in [0.5, 0.6) is 0 Å². The Balaban J connectivity index is 0.000000712. The van der Waals surface area contributed by atoms with Gasteiger partial charge in [0.1, 0.15) is 52.7 Å². The van der Waals surface area contributed by atoms with Crippen LogP contribution in [0, 0.1) is 122 Å².